The van der Waals surface area contributed by atoms with Crippen molar-refractivity contribution in [1.29, 1.82) is 0 Å². The standard InChI is InChI=1S/C17H14Br2N2O7S/c1-28-16(25)11-17(19,6-18)7-29(26,27)15-10(14(24)21(11)15)20-12(22)8-4-2-3-5-9(8)13(20)23/h2-5,10-11,15H,6-7H2,1H3/t10-,11+,15-,17+/m1/s1. The Morgan fingerprint density at radius 2 is 1.76 bits per heavy atom. The molecule has 4 atom stereocenters. The number of halogens is 2. The third-order valence-corrected chi connectivity index (χ3v) is 10.6. The molecule has 3 amide bonds. The number of imide groups is 1. The first kappa shape index (κ1) is 20.5. The van der Waals surface area contributed by atoms with Crippen LogP contribution in [0.15, 0.2) is 24.3 Å². The molecule has 2 fully saturated rings. The second kappa shape index (κ2) is 6.61. The van der Waals surface area contributed by atoms with Crippen LogP contribution >= 0.6 is 31.9 Å². The topological polar surface area (TPSA) is 118 Å². The Balaban J connectivity index is 1.78. The molecule has 2 saturated heterocycles. The Hall–Kier alpha value is -1.79. The van der Waals surface area contributed by atoms with Crippen LogP contribution in [0.3, 0.4) is 0 Å². The summed E-state index contributed by atoms with van der Waals surface area (Å²) in [7, 11) is -2.86. The summed E-state index contributed by atoms with van der Waals surface area (Å²) in [6.07, 6.45) is 0. The number of fused-ring (bicyclic) bond motifs is 2. The molecule has 154 valence electrons. The molecular weight excluding hydrogens is 536 g/mol. The van der Waals surface area contributed by atoms with Gasteiger partial charge >= 0.3 is 5.97 Å². The highest BCUT2D eigenvalue weighted by Crippen LogP contribution is 2.46. The number of methoxy groups -OCH3 is 1. The summed E-state index contributed by atoms with van der Waals surface area (Å²) < 4.78 is 29.5. The van der Waals surface area contributed by atoms with E-state index in [9.17, 15) is 27.6 Å². The van der Waals surface area contributed by atoms with E-state index in [4.69, 9.17) is 4.74 Å². The number of β-lactam (4-membered cyclic amide) rings is 1. The predicted molar refractivity (Wildman–Crippen MR) is 106 cm³/mol. The van der Waals surface area contributed by atoms with E-state index in [-0.39, 0.29) is 16.5 Å². The third-order valence-electron chi connectivity index (χ3n) is 5.38. The lowest BCUT2D eigenvalue weighted by atomic mass is 9.93. The number of sulfone groups is 1. The number of benzene rings is 1. The number of carbonyl (C=O) groups is 4. The molecule has 0 saturated carbocycles. The maximum atomic E-state index is 13.0. The van der Waals surface area contributed by atoms with Gasteiger partial charge in [-0.25, -0.2) is 13.2 Å². The molecule has 0 spiro atoms. The van der Waals surface area contributed by atoms with Crippen LogP contribution in [0.2, 0.25) is 0 Å². The minimum absolute atomic E-state index is 0.0488. The second-order valence-electron chi connectivity index (χ2n) is 7.01. The smallest absolute Gasteiger partial charge is 0.330 e. The fourth-order valence-electron chi connectivity index (χ4n) is 4.11. The van der Waals surface area contributed by atoms with Gasteiger partial charge in [0.25, 0.3) is 17.7 Å². The second-order valence-corrected chi connectivity index (χ2v) is 11.2. The quantitative estimate of drug-likeness (QED) is 0.230. The largest absolute Gasteiger partial charge is 0.467 e. The normalized spacial score (nSPS) is 32.5. The molecule has 4 rings (SSSR count). The third kappa shape index (κ3) is 2.65. The Kier molecular flexibility index (Phi) is 4.67. The van der Waals surface area contributed by atoms with Gasteiger partial charge in [0.15, 0.2) is 21.3 Å². The van der Waals surface area contributed by atoms with Gasteiger partial charge in [0.2, 0.25) is 0 Å². The molecule has 1 aromatic carbocycles. The molecular formula is C17H14Br2N2O7S. The van der Waals surface area contributed by atoms with Crippen molar-refractivity contribution in [2.45, 2.75) is 21.8 Å². The first-order valence-electron chi connectivity index (χ1n) is 8.42. The van der Waals surface area contributed by atoms with Crippen molar-refractivity contribution in [3.05, 3.63) is 35.4 Å². The molecule has 0 aliphatic carbocycles. The van der Waals surface area contributed by atoms with Gasteiger partial charge in [0.1, 0.15) is 6.04 Å². The van der Waals surface area contributed by atoms with E-state index in [1.165, 1.54) is 12.1 Å². The first-order chi connectivity index (χ1) is 13.6. The van der Waals surface area contributed by atoms with Crippen LogP contribution in [-0.2, 0) is 24.2 Å². The van der Waals surface area contributed by atoms with Gasteiger partial charge in [0, 0.05) is 5.33 Å². The van der Waals surface area contributed by atoms with E-state index in [1.807, 2.05) is 0 Å². The maximum absolute atomic E-state index is 13.0. The number of hydrogen-bond donors (Lipinski definition) is 0. The van der Waals surface area contributed by atoms with Crippen molar-refractivity contribution in [2.24, 2.45) is 0 Å². The van der Waals surface area contributed by atoms with Gasteiger partial charge in [-0.1, -0.05) is 44.0 Å². The van der Waals surface area contributed by atoms with E-state index < -0.39 is 61.1 Å². The van der Waals surface area contributed by atoms with Gasteiger partial charge in [-0.05, 0) is 12.1 Å². The van der Waals surface area contributed by atoms with E-state index in [1.54, 1.807) is 12.1 Å². The molecule has 0 unspecified atom stereocenters. The lowest BCUT2D eigenvalue weighted by Gasteiger charge is -2.57. The minimum Gasteiger partial charge on any atom is -0.467 e. The van der Waals surface area contributed by atoms with Crippen molar-refractivity contribution >= 4 is 65.4 Å². The highest BCUT2D eigenvalue weighted by molar-refractivity contribution is 9.12. The zero-order valence-electron chi connectivity index (χ0n) is 14.9. The predicted octanol–water partition coefficient (Wildman–Crippen LogP) is 0.318. The number of carbonyl (C=O) groups excluding carboxylic acids is 4. The fourth-order valence-corrected chi connectivity index (χ4v) is 8.54. The molecule has 0 bridgehead atoms. The summed E-state index contributed by atoms with van der Waals surface area (Å²) in [6, 6.07) is 3.27. The number of alkyl halides is 2. The summed E-state index contributed by atoms with van der Waals surface area (Å²) >= 11 is 6.48. The Bertz CT molecular complexity index is 1040. The van der Waals surface area contributed by atoms with Crippen LogP contribution in [0.1, 0.15) is 20.7 Å². The number of ether oxygens (including phenoxy) is 1. The van der Waals surface area contributed by atoms with Gasteiger partial charge in [-0.3, -0.25) is 19.3 Å². The van der Waals surface area contributed by atoms with Crippen LogP contribution in [0, 0.1) is 0 Å². The average molecular weight is 550 g/mol. The van der Waals surface area contributed by atoms with E-state index >= 15 is 0 Å². The molecule has 12 heteroatoms. The van der Waals surface area contributed by atoms with E-state index in [0.717, 1.165) is 12.0 Å². The first-order valence-corrected chi connectivity index (χ1v) is 12.1. The van der Waals surface area contributed by atoms with Crippen molar-refractivity contribution in [1.82, 2.24) is 9.80 Å². The molecule has 3 aliphatic heterocycles. The van der Waals surface area contributed by atoms with Gasteiger partial charge in [-0.15, -0.1) is 0 Å². The van der Waals surface area contributed by atoms with E-state index in [0.29, 0.717) is 4.90 Å². The summed E-state index contributed by atoms with van der Waals surface area (Å²) in [5.41, 5.74) is 0.216. The van der Waals surface area contributed by atoms with Crippen LogP contribution < -0.4 is 0 Å². The summed E-state index contributed by atoms with van der Waals surface area (Å²) in [5.74, 6) is -3.54. The molecule has 29 heavy (non-hydrogen) atoms. The van der Waals surface area contributed by atoms with Crippen molar-refractivity contribution < 1.29 is 32.3 Å². The molecule has 0 aromatic heterocycles. The number of rotatable bonds is 3. The monoisotopic (exact) mass is 548 g/mol. The summed E-state index contributed by atoms with van der Waals surface area (Å²) in [5, 5.41) is -1.46. The summed E-state index contributed by atoms with van der Waals surface area (Å²) in [6.45, 7) is 0. The van der Waals surface area contributed by atoms with Crippen LogP contribution in [0.25, 0.3) is 0 Å². The molecule has 0 N–H and O–H groups in total. The highest BCUT2D eigenvalue weighted by Gasteiger charge is 2.70. The molecule has 3 aliphatic rings. The molecule has 1 aromatic rings. The molecule has 9 nitrogen and oxygen atoms in total. The lowest BCUT2D eigenvalue weighted by Crippen LogP contribution is -2.83. The van der Waals surface area contributed by atoms with Crippen molar-refractivity contribution in [3.8, 4) is 0 Å². The minimum atomic E-state index is -4.00. The number of nitrogens with zero attached hydrogens (tertiary/aromatic N) is 2. The van der Waals surface area contributed by atoms with Gasteiger partial charge in [0.05, 0.1) is 28.3 Å². The highest BCUT2D eigenvalue weighted by atomic mass is 79.9. The zero-order valence-corrected chi connectivity index (χ0v) is 18.9. The van der Waals surface area contributed by atoms with Gasteiger partial charge < -0.3 is 9.64 Å². The number of esters is 1. The maximum Gasteiger partial charge on any atom is 0.330 e. The molecule has 3 heterocycles. The summed E-state index contributed by atoms with van der Waals surface area (Å²) in [4.78, 5) is 52.5. The Morgan fingerprint density at radius 1 is 1.21 bits per heavy atom. The zero-order chi connectivity index (χ0) is 21.3. The Morgan fingerprint density at radius 3 is 2.24 bits per heavy atom. The van der Waals surface area contributed by atoms with Crippen LogP contribution in [0.5, 0.6) is 0 Å². The van der Waals surface area contributed by atoms with Crippen LogP contribution in [-0.4, -0.2) is 81.9 Å². The number of amides is 3. The molecule has 0 radical (unpaired) electrons. The van der Waals surface area contributed by atoms with E-state index in [2.05, 4.69) is 31.9 Å². The average Bonchev–Trinajstić information content (AvgIpc) is 2.93. The van der Waals surface area contributed by atoms with Gasteiger partial charge in [-0.2, -0.15) is 0 Å². The SMILES string of the molecule is COC(=O)[C@@H]1N2C(=O)[C@@H](N3C(=O)c4ccccc4C3=O)[C@H]2S(=O)(=O)C[C@@]1(Br)CBr. The van der Waals surface area contributed by atoms with Crippen LogP contribution in [0.4, 0.5) is 0 Å². The lowest BCUT2D eigenvalue weighted by molar-refractivity contribution is -0.167. The Labute approximate surface area is 182 Å². The van der Waals surface area contributed by atoms with Crippen molar-refractivity contribution in [2.75, 3.05) is 18.2 Å². The number of hydrogen-bond acceptors (Lipinski definition) is 7. The fraction of sp³-hybridized carbons (Fsp3) is 0.412. The van der Waals surface area contributed by atoms with Crippen molar-refractivity contribution in [3.63, 3.8) is 0 Å².